The molecule has 3 aromatic rings. The lowest BCUT2D eigenvalue weighted by Crippen LogP contribution is -2.19. The van der Waals surface area contributed by atoms with Gasteiger partial charge in [-0.05, 0) is 17.2 Å². The van der Waals surface area contributed by atoms with E-state index >= 15 is 0 Å². The largest absolute Gasteiger partial charge is 0.477 e. The van der Waals surface area contributed by atoms with E-state index < -0.39 is 17.7 Å². The standard InChI is InChI=1S/C22H21F3N4O2S/c1-29(2)21-27-18(26-12-15-10-6-7-11-16(15)22(23,24)25)17(20(30)31)19(28-21)32-13-14-8-4-3-5-9-14/h3-11H,12-13H2,1-2H3,(H,30,31)(H,26,27,28). The van der Waals surface area contributed by atoms with Crippen LogP contribution in [-0.2, 0) is 18.5 Å². The van der Waals surface area contributed by atoms with Gasteiger partial charge in [0.2, 0.25) is 5.95 Å². The SMILES string of the molecule is CN(C)c1nc(NCc2ccccc2C(F)(F)F)c(C(=O)O)c(SCc2ccccc2)n1. The third kappa shape index (κ3) is 5.70. The van der Waals surface area contributed by atoms with Crippen molar-refractivity contribution in [2.75, 3.05) is 24.3 Å². The van der Waals surface area contributed by atoms with Crippen LogP contribution in [0.2, 0.25) is 0 Å². The van der Waals surface area contributed by atoms with Crippen molar-refractivity contribution < 1.29 is 23.1 Å². The van der Waals surface area contributed by atoms with E-state index in [1.165, 1.54) is 30.0 Å². The minimum Gasteiger partial charge on any atom is -0.477 e. The molecule has 6 nitrogen and oxygen atoms in total. The molecule has 168 valence electrons. The summed E-state index contributed by atoms with van der Waals surface area (Å²) in [7, 11) is 3.40. The Hall–Kier alpha value is -3.27. The van der Waals surface area contributed by atoms with Gasteiger partial charge >= 0.3 is 12.1 Å². The summed E-state index contributed by atoms with van der Waals surface area (Å²) in [5, 5.41) is 12.8. The molecule has 0 radical (unpaired) electrons. The van der Waals surface area contributed by atoms with Gasteiger partial charge in [-0.15, -0.1) is 11.8 Å². The number of nitrogens with one attached hydrogen (secondary N) is 1. The van der Waals surface area contributed by atoms with E-state index in [0.717, 1.165) is 11.6 Å². The number of anilines is 2. The molecule has 0 aliphatic carbocycles. The number of aromatic nitrogens is 2. The van der Waals surface area contributed by atoms with Crippen LogP contribution in [0.25, 0.3) is 0 Å². The molecule has 1 aromatic heterocycles. The van der Waals surface area contributed by atoms with Crippen molar-refractivity contribution in [2.24, 2.45) is 0 Å². The van der Waals surface area contributed by atoms with E-state index in [-0.39, 0.29) is 34.5 Å². The number of nitrogens with zero attached hydrogens (tertiary/aromatic N) is 3. The first-order chi connectivity index (χ1) is 15.2. The average Bonchev–Trinajstić information content (AvgIpc) is 2.75. The maximum absolute atomic E-state index is 13.3. The van der Waals surface area contributed by atoms with Gasteiger partial charge in [0.15, 0.2) is 0 Å². The zero-order chi connectivity index (χ0) is 23.3. The van der Waals surface area contributed by atoms with Crippen LogP contribution in [0.1, 0.15) is 27.0 Å². The molecule has 0 unspecified atom stereocenters. The molecule has 0 spiro atoms. The number of alkyl halides is 3. The molecule has 0 aliphatic heterocycles. The lowest BCUT2D eigenvalue weighted by atomic mass is 10.1. The van der Waals surface area contributed by atoms with E-state index in [2.05, 4.69) is 15.3 Å². The molecule has 2 N–H and O–H groups in total. The number of hydrogen-bond acceptors (Lipinski definition) is 6. The van der Waals surface area contributed by atoms with Crippen molar-refractivity contribution >= 4 is 29.5 Å². The van der Waals surface area contributed by atoms with Crippen LogP contribution in [0.3, 0.4) is 0 Å². The molecule has 0 fully saturated rings. The smallest absolute Gasteiger partial charge is 0.416 e. The number of thioether (sulfide) groups is 1. The number of halogens is 3. The van der Waals surface area contributed by atoms with Gasteiger partial charge in [-0.3, -0.25) is 0 Å². The molecule has 0 saturated heterocycles. The van der Waals surface area contributed by atoms with Crippen LogP contribution in [0.4, 0.5) is 24.9 Å². The molecule has 3 rings (SSSR count). The molecule has 0 saturated carbocycles. The fourth-order valence-corrected chi connectivity index (χ4v) is 3.88. The van der Waals surface area contributed by atoms with Gasteiger partial charge in [0.1, 0.15) is 16.4 Å². The highest BCUT2D eigenvalue weighted by Crippen LogP contribution is 2.33. The van der Waals surface area contributed by atoms with Gasteiger partial charge in [-0.25, -0.2) is 9.78 Å². The summed E-state index contributed by atoms with van der Waals surface area (Å²) in [6.45, 7) is -0.247. The van der Waals surface area contributed by atoms with E-state index in [1.54, 1.807) is 19.0 Å². The molecule has 1 heterocycles. The Labute approximate surface area is 187 Å². The lowest BCUT2D eigenvalue weighted by Gasteiger charge is -2.18. The predicted octanol–water partition coefficient (Wildman–Crippen LogP) is 5.16. The Morgan fingerprint density at radius 1 is 1.06 bits per heavy atom. The highest BCUT2D eigenvalue weighted by atomic mass is 32.2. The Kier molecular flexibility index (Phi) is 7.24. The fourth-order valence-electron chi connectivity index (χ4n) is 2.91. The minimum absolute atomic E-state index is 0.0140. The summed E-state index contributed by atoms with van der Waals surface area (Å²) >= 11 is 1.22. The number of aromatic carboxylic acids is 1. The van der Waals surface area contributed by atoms with Gasteiger partial charge < -0.3 is 15.3 Å². The Balaban J connectivity index is 1.96. The number of benzene rings is 2. The summed E-state index contributed by atoms with van der Waals surface area (Å²) < 4.78 is 40.0. The normalized spacial score (nSPS) is 11.3. The highest BCUT2D eigenvalue weighted by molar-refractivity contribution is 7.98. The van der Waals surface area contributed by atoms with Gasteiger partial charge in [0.25, 0.3) is 0 Å². The molecular formula is C22H21F3N4O2S. The zero-order valence-corrected chi connectivity index (χ0v) is 18.2. The summed E-state index contributed by atoms with van der Waals surface area (Å²) in [5.41, 5.74) is -0.00160. The number of carboxylic acid groups (broad SMARTS) is 1. The quantitative estimate of drug-likeness (QED) is 0.353. The van der Waals surface area contributed by atoms with E-state index in [1.807, 2.05) is 30.3 Å². The first kappa shape index (κ1) is 23.4. The summed E-state index contributed by atoms with van der Waals surface area (Å²) in [6, 6.07) is 14.6. The fraction of sp³-hybridized carbons (Fsp3) is 0.227. The van der Waals surface area contributed by atoms with Crippen LogP contribution in [0.5, 0.6) is 0 Å². The summed E-state index contributed by atoms with van der Waals surface area (Å²) in [6.07, 6.45) is -4.52. The molecule has 2 aromatic carbocycles. The monoisotopic (exact) mass is 462 g/mol. The van der Waals surface area contributed by atoms with Crippen molar-refractivity contribution in [3.63, 3.8) is 0 Å². The lowest BCUT2D eigenvalue weighted by molar-refractivity contribution is -0.138. The molecule has 10 heteroatoms. The molecule has 0 amide bonds. The number of hydrogen-bond donors (Lipinski definition) is 2. The third-order valence-corrected chi connectivity index (χ3v) is 5.51. The van der Waals surface area contributed by atoms with Crippen LogP contribution in [0, 0.1) is 0 Å². The second-order valence-electron chi connectivity index (χ2n) is 7.03. The van der Waals surface area contributed by atoms with E-state index in [0.29, 0.717) is 5.75 Å². The van der Waals surface area contributed by atoms with Gasteiger partial charge in [-0.1, -0.05) is 48.5 Å². The Morgan fingerprint density at radius 2 is 1.72 bits per heavy atom. The van der Waals surface area contributed by atoms with Crippen LogP contribution in [0.15, 0.2) is 59.6 Å². The number of carboxylic acids is 1. The maximum atomic E-state index is 13.3. The Morgan fingerprint density at radius 3 is 2.34 bits per heavy atom. The number of carbonyl (C=O) groups is 1. The van der Waals surface area contributed by atoms with Crippen molar-refractivity contribution in [3.8, 4) is 0 Å². The minimum atomic E-state index is -4.52. The topological polar surface area (TPSA) is 78.4 Å². The predicted molar refractivity (Wildman–Crippen MR) is 118 cm³/mol. The van der Waals surface area contributed by atoms with Gasteiger partial charge in [0.05, 0.1) is 5.56 Å². The third-order valence-electron chi connectivity index (χ3n) is 4.47. The summed E-state index contributed by atoms with van der Waals surface area (Å²) in [5.74, 6) is -0.583. The second-order valence-corrected chi connectivity index (χ2v) is 8.00. The average molecular weight is 462 g/mol. The highest BCUT2D eigenvalue weighted by Gasteiger charge is 2.33. The maximum Gasteiger partial charge on any atom is 0.416 e. The van der Waals surface area contributed by atoms with Gasteiger partial charge in [0, 0.05) is 26.4 Å². The second kappa shape index (κ2) is 9.90. The Bertz CT molecular complexity index is 1090. The first-order valence-corrected chi connectivity index (χ1v) is 10.5. The van der Waals surface area contributed by atoms with Crippen molar-refractivity contribution in [1.29, 1.82) is 0 Å². The van der Waals surface area contributed by atoms with Crippen LogP contribution >= 0.6 is 11.8 Å². The molecule has 0 atom stereocenters. The van der Waals surface area contributed by atoms with Crippen molar-refractivity contribution in [3.05, 3.63) is 76.9 Å². The van der Waals surface area contributed by atoms with Crippen LogP contribution in [-0.4, -0.2) is 35.1 Å². The molecular weight excluding hydrogens is 441 g/mol. The van der Waals surface area contributed by atoms with Gasteiger partial charge in [-0.2, -0.15) is 18.2 Å². The zero-order valence-electron chi connectivity index (χ0n) is 17.3. The molecule has 0 bridgehead atoms. The number of rotatable bonds is 8. The van der Waals surface area contributed by atoms with Crippen LogP contribution < -0.4 is 10.2 Å². The molecule has 0 aliphatic rings. The summed E-state index contributed by atoms with van der Waals surface area (Å²) in [4.78, 5) is 22.3. The van der Waals surface area contributed by atoms with Crippen molar-refractivity contribution in [1.82, 2.24) is 9.97 Å². The van der Waals surface area contributed by atoms with E-state index in [9.17, 15) is 23.1 Å². The molecule has 32 heavy (non-hydrogen) atoms. The van der Waals surface area contributed by atoms with E-state index in [4.69, 9.17) is 0 Å². The first-order valence-electron chi connectivity index (χ1n) is 9.55. The van der Waals surface area contributed by atoms with Crippen molar-refractivity contribution in [2.45, 2.75) is 23.5 Å².